The van der Waals surface area contributed by atoms with E-state index in [4.69, 9.17) is 16.9 Å². The third-order valence-electron chi connectivity index (χ3n) is 2.44. The van der Waals surface area contributed by atoms with E-state index in [2.05, 4.69) is 21.4 Å². The van der Waals surface area contributed by atoms with Gasteiger partial charge in [-0.25, -0.2) is 9.97 Å². The van der Waals surface area contributed by atoms with Crippen LogP contribution in [0.2, 0.25) is 5.15 Å². The Bertz CT molecular complexity index is 464. The highest BCUT2D eigenvalue weighted by Gasteiger charge is 2.36. The number of thioether (sulfide) groups is 1. The van der Waals surface area contributed by atoms with Gasteiger partial charge in [0.25, 0.3) is 5.91 Å². The van der Waals surface area contributed by atoms with Crippen molar-refractivity contribution in [3.8, 4) is 6.07 Å². The molecule has 1 aromatic rings. The molecule has 88 valence electrons. The van der Waals surface area contributed by atoms with Crippen LogP contribution in [0.4, 0.5) is 0 Å². The topological polar surface area (TPSA) is 78.7 Å². The van der Waals surface area contributed by atoms with Crippen LogP contribution in [-0.2, 0) is 0 Å². The van der Waals surface area contributed by atoms with Gasteiger partial charge < -0.3 is 5.32 Å². The lowest BCUT2D eigenvalue weighted by Crippen LogP contribution is -2.47. The predicted molar refractivity (Wildman–Crippen MR) is 64.8 cm³/mol. The van der Waals surface area contributed by atoms with E-state index >= 15 is 0 Å². The zero-order valence-corrected chi connectivity index (χ0v) is 10.4. The number of rotatable bonds is 2. The van der Waals surface area contributed by atoms with E-state index < -0.39 is 11.4 Å². The molecule has 1 N–H and O–H groups in total. The van der Waals surface area contributed by atoms with E-state index in [1.54, 1.807) is 11.8 Å². The van der Waals surface area contributed by atoms with Crippen LogP contribution in [0.3, 0.4) is 0 Å². The summed E-state index contributed by atoms with van der Waals surface area (Å²) in [6.45, 7) is 0. The molecular formula is C10H9ClN4OS. The molecule has 0 aromatic carbocycles. The highest BCUT2D eigenvalue weighted by Crippen LogP contribution is 2.27. The fraction of sp³-hybridized carbons (Fsp3) is 0.400. The third kappa shape index (κ3) is 2.68. The van der Waals surface area contributed by atoms with Gasteiger partial charge in [0, 0.05) is 5.75 Å². The summed E-state index contributed by atoms with van der Waals surface area (Å²) < 4.78 is 0. The maximum Gasteiger partial charge on any atom is 0.272 e. The molecule has 7 heteroatoms. The van der Waals surface area contributed by atoms with Crippen molar-refractivity contribution in [2.24, 2.45) is 0 Å². The van der Waals surface area contributed by atoms with Crippen molar-refractivity contribution < 1.29 is 4.79 Å². The van der Waals surface area contributed by atoms with Crippen molar-refractivity contribution in [1.29, 1.82) is 5.26 Å². The van der Waals surface area contributed by atoms with Gasteiger partial charge in [-0.05, 0) is 12.2 Å². The second-order valence-electron chi connectivity index (χ2n) is 3.67. The van der Waals surface area contributed by atoms with E-state index in [1.165, 1.54) is 12.4 Å². The second-order valence-corrected chi connectivity index (χ2v) is 5.17. The normalized spacial score (nSPS) is 23.1. The van der Waals surface area contributed by atoms with Crippen molar-refractivity contribution in [2.45, 2.75) is 12.0 Å². The molecule has 1 aliphatic rings. The first-order valence-electron chi connectivity index (χ1n) is 4.94. The quantitative estimate of drug-likeness (QED) is 0.874. The van der Waals surface area contributed by atoms with Crippen LogP contribution < -0.4 is 5.32 Å². The van der Waals surface area contributed by atoms with Gasteiger partial charge in [-0.3, -0.25) is 4.79 Å². The van der Waals surface area contributed by atoms with Crippen molar-refractivity contribution in [3.63, 3.8) is 0 Å². The number of carbonyl (C=O) groups excluding carboxylic acids is 1. The fourth-order valence-electron chi connectivity index (χ4n) is 1.49. The SMILES string of the molecule is N#CC1(NC(=O)c2cnc(Cl)cn2)CCSC1. The van der Waals surface area contributed by atoms with Crippen LogP contribution in [0.5, 0.6) is 0 Å². The molecule has 1 amide bonds. The van der Waals surface area contributed by atoms with Gasteiger partial charge in [-0.15, -0.1) is 0 Å². The molecule has 1 unspecified atom stereocenters. The number of nitrogens with zero attached hydrogens (tertiary/aromatic N) is 3. The molecule has 2 heterocycles. The lowest BCUT2D eigenvalue weighted by atomic mass is 10.0. The number of nitrogens with one attached hydrogen (secondary N) is 1. The van der Waals surface area contributed by atoms with Gasteiger partial charge >= 0.3 is 0 Å². The molecule has 1 aromatic heterocycles. The molecular weight excluding hydrogens is 260 g/mol. The monoisotopic (exact) mass is 268 g/mol. The summed E-state index contributed by atoms with van der Waals surface area (Å²) in [5, 5.41) is 12.1. The minimum Gasteiger partial charge on any atom is -0.332 e. The van der Waals surface area contributed by atoms with E-state index in [0.717, 1.165) is 5.75 Å². The Morgan fingerprint density at radius 3 is 2.94 bits per heavy atom. The Kier molecular flexibility index (Phi) is 3.50. The Morgan fingerprint density at radius 1 is 1.59 bits per heavy atom. The number of carbonyl (C=O) groups is 1. The van der Waals surface area contributed by atoms with E-state index in [1.807, 2.05) is 0 Å². The minimum atomic E-state index is -0.775. The van der Waals surface area contributed by atoms with Crippen LogP contribution in [-0.4, -0.2) is 32.9 Å². The summed E-state index contributed by atoms with van der Waals surface area (Å²) in [7, 11) is 0. The maximum atomic E-state index is 11.9. The molecule has 0 radical (unpaired) electrons. The molecule has 2 rings (SSSR count). The number of hydrogen-bond donors (Lipinski definition) is 1. The van der Waals surface area contributed by atoms with Crippen LogP contribution >= 0.6 is 23.4 Å². The number of halogens is 1. The Labute approximate surface area is 108 Å². The number of aromatic nitrogens is 2. The lowest BCUT2D eigenvalue weighted by molar-refractivity contribution is 0.0920. The van der Waals surface area contributed by atoms with Crippen LogP contribution in [0, 0.1) is 11.3 Å². The van der Waals surface area contributed by atoms with Gasteiger partial charge in [-0.1, -0.05) is 11.6 Å². The largest absolute Gasteiger partial charge is 0.332 e. The molecule has 5 nitrogen and oxygen atoms in total. The summed E-state index contributed by atoms with van der Waals surface area (Å²) in [6.07, 6.45) is 3.25. The smallest absolute Gasteiger partial charge is 0.272 e. The van der Waals surface area contributed by atoms with Gasteiger partial charge in [0.15, 0.2) is 0 Å². The summed E-state index contributed by atoms with van der Waals surface area (Å²) in [5.41, 5.74) is -0.607. The Hall–Kier alpha value is -1.32. The molecule has 1 atom stereocenters. The second kappa shape index (κ2) is 4.90. The van der Waals surface area contributed by atoms with Crippen molar-refractivity contribution in [3.05, 3.63) is 23.2 Å². The first-order valence-corrected chi connectivity index (χ1v) is 6.47. The molecule has 1 fully saturated rings. The Balaban J connectivity index is 2.11. The highest BCUT2D eigenvalue weighted by molar-refractivity contribution is 7.99. The van der Waals surface area contributed by atoms with Gasteiger partial charge in [-0.2, -0.15) is 17.0 Å². The van der Waals surface area contributed by atoms with Crippen molar-refractivity contribution in [2.75, 3.05) is 11.5 Å². The first kappa shape index (κ1) is 12.1. The summed E-state index contributed by atoms with van der Waals surface area (Å²) in [5.74, 6) is 1.09. The van der Waals surface area contributed by atoms with Gasteiger partial charge in [0.1, 0.15) is 16.4 Å². The lowest BCUT2D eigenvalue weighted by Gasteiger charge is -2.20. The molecule has 0 aliphatic carbocycles. The zero-order valence-electron chi connectivity index (χ0n) is 8.81. The van der Waals surface area contributed by atoms with E-state index in [-0.39, 0.29) is 10.8 Å². The summed E-state index contributed by atoms with van der Waals surface area (Å²) >= 11 is 7.23. The fourth-order valence-corrected chi connectivity index (χ4v) is 2.85. The van der Waals surface area contributed by atoms with Crippen molar-refractivity contribution in [1.82, 2.24) is 15.3 Å². The molecule has 0 saturated carbocycles. The summed E-state index contributed by atoms with van der Waals surface area (Å²) in [6, 6.07) is 2.16. The molecule has 0 bridgehead atoms. The average Bonchev–Trinajstić information content (AvgIpc) is 2.79. The van der Waals surface area contributed by atoms with Gasteiger partial charge in [0.2, 0.25) is 0 Å². The maximum absolute atomic E-state index is 11.9. The number of nitriles is 1. The Morgan fingerprint density at radius 2 is 2.41 bits per heavy atom. The molecule has 17 heavy (non-hydrogen) atoms. The standard InChI is InChI=1S/C10H9ClN4OS/c11-8-4-13-7(3-14-8)9(16)15-10(5-12)1-2-17-6-10/h3-4H,1-2,6H2,(H,15,16). The third-order valence-corrected chi connectivity index (χ3v) is 3.83. The van der Waals surface area contributed by atoms with Crippen LogP contribution in [0.1, 0.15) is 16.9 Å². The van der Waals surface area contributed by atoms with E-state index in [9.17, 15) is 4.79 Å². The van der Waals surface area contributed by atoms with Crippen LogP contribution in [0.15, 0.2) is 12.4 Å². The van der Waals surface area contributed by atoms with E-state index in [0.29, 0.717) is 12.2 Å². The van der Waals surface area contributed by atoms with Crippen molar-refractivity contribution >= 4 is 29.3 Å². The zero-order chi connectivity index (χ0) is 12.3. The molecule has 1 aliphatic heterocycles. The average molecular weight is 269 g/mol. The summed E-state index contributed by atoms with van der Waals surface area (Å²) in [4.78, 5) is 19.5. The molecule has 1 saturated heterocycles. The van der Waals surface area contributed by atoms with Gasteiger partial charge in [0.05, 0.1) is 18.5 Å². The number of amides is 1. The number of hydrogen-bond acceptors (Lipinski definition) is 5. The first-order chi connectivity index (χ1) is 8.15. The molecule has 0 spiro atoms. The highest BCUT2D eigenvalue weighted by atomic mass is 35.5. The van der Waals surface area contributed by atoms with Crippen LogP contribution in [0.25, 0.3) is 0 Å². The minimum absolute atomic E-state index is 0.168. The predicted octanol–water partition coefficient (Wildman–Crippen LogP) is 1.26.